The number of carboxylic acids is 1. The van der Waals surface area contributed by atoms with Crippen molar-refractivity contribution in [1.82, 2.24) is 4.34 Å². The van der Waals surface area contributed by atoms with E-state index in [4.69, 9.17) is 10.8 Å². The maximum atomic E-state index is 10.4. The van der Waals surface area contributed by atoms with Crippen molar-refractivity contribution in [3.05, 3.63) is 0 Å². The normalized spacial score (nSPS) is 12.9. The smallest absolute Gasteiger partial charge is 0.321 e. The van der Waals surface area contributed by atoms with Crippen LogP contribution in [0.4, 0.5) is 0 Å². The van der Waals surface area contributed by atoms with E-state index in [0.717, 1.165) is 12.8 Å². The predicted octanol–water partition coefficient (Wildman–Crippen LogP) is 0.468. The highest BCUT2D eigenvalue weighted by atomic mass is 79.9. The topological polar surface area (TPSA) is 75.3 Å². The lowest BCUT2D eigenvalue weighted by Crippen LogP contribution is -2.30. The van der Waals surface area contributed by atoms with Crippen LogP contribution >= 0.6 is 16.1 Å². The zero-order chi connectivity index (χ0) is 8.69. The number of rotatable bonds is 6. The molecule has 0 aliphatic rings. The summed E-state index contributed by atoms with van der Waals surface area (Å²) in [5.41, 5.74) is 5.25. The maximum absolute atomic E-state index is 10.4. The van der Waals surface area contributed by atoms with Crippen LogP contribution in [0.5, 0.6) is 0 Å². The highest BCUT2D eigenvalue weighted by Crippen LogP contribution is 2.01. The Morgan fingerprint density at radius 3 is 2.64 bits per heavy atom. The molecule has 0 amide bonds. The van der Waals surface area contributed by atoms with Crippen LogP contribution in [0.2, 0.25) is 0 Å². The number of nitrogens with one attached hydrogen (secondary N) is 1. The Hall–Kier alpha value is -0.130. The molecule has 0 unspecified atom stereocenters. The summed E-state index contributed by atoms with van der Waals surface area (Å²) in [5, 5.41) is 8.55. The molecule has 0 fully saturated rings. The van der Waals surface area contributed by atoms with Gasteiger partial charge in [-0.05, 0) is 19.4 Å². The molecule has 4 nitrogen and oxygen atoms in total. The Kier molecular flexibility index (Phi) is 6.49. The molecule has 1 atom stereocenters. The standard InChI is InChI=1S/C6H13BrN2O2/c7-9-5(6(10)11)3-1-2-4-8/h5,9H,1-4,8H2,(H,10,11)/t5-/m0/s1. The van der Waals surface area contributed by atoms with Crippen LogP contribution in [-0.4, -0.2) is 23.7 Å². The number of halogens is 1. The van der Waals surface area contributed by atoms with E-state index < -0.39 is 12.0 Å². The zero-order valence-electron chi connectivity index (χ0n) is 6.22. The summed E-state index contributed by atoms with van der Waals surface area (Å²) in [6.45, 7) is 0.620. The van der Waals surface area contributed by atoms with E-state index in [1.54, 1.807) is 0 Å². The molecule has 0 spiro atoms. The minimum absolute atomic E-state index is 0.499. The molecule has 0 aromatic heterocycles. The van der Waals surface area contributed by atoms with E-state index in [0.29, 0.717) is 13.0 Å². The zero-order valence-corrected chi connectivity index (χ0v) is 7.80. The molecule has 0 heterocycles. The van der Waals surface area contributed by atoms with Crippen LogP contribution in [0.25, 0.3) is 0 Å². The lowest BCUT2D eigenvalue weighted by Gasteiger charge is -2.07. The Labute approximate surface area is 74.5 Å². The Morgan fingerprint density at radius 1 is 1.64 bits per heavy atom. The quantitative estimate of drug-likeness (QED) is 0.453. The first-order valence-corrected chi connectivity index (χ1v) is 4.30. The fourth-order valence-electron chi connectivity index (χ4n) is 0.717. The molecular formula is C6H13BrN2O2. The van der Waals surface area contributed by atoms with Gasteiger partial charge < -0.3 is 10.8 Å². The molecule has 11 heavy (non-hydrogen) atoms. The third kappa shape index (κ3) is 5.17. The predicted molar refractivity (Wildman–Crippen MR) is 46.4 cm³/mol. The second kappa shape index (κ2) is 6.57. The number of hydrogen-bond acceptors (Lipinski definition) is 3. The highest BCUT2D eigenvalue weighted by molar-refractivity contribution is 9.08. The average molecular weight is 225 g/mol. The summed E-state index contributed by atoms with van der Waals surface area (Å²) in [7, 11) is 0. The molecule has 0 aliphatic heterocycles. The van der Waals surface area contributed by atoms with Gasteiger partial charge in [-0.25, -0.2) is 4.34 Å². The van der Waals surface area contributed by atoms with Crippen molar-refractivity contribution in [2.24, 2.45) is 5.73 Å². The third-order valence-electron chi connectivity index (χ3n) is 1.38. The summed E-state index contributed by atoms with van der Waals surface area (Å²) in [5.74, 6) is -0.834. The Balaban J connectivity index is 3.44. The number of hydrogen-bond donors (Lipinski definition) is 3. The van der Waals surface area contributed by atoms with Crippen molar-refractivity contribution in [2.75, 3.05) is 6.54 Å². The lowest BCUT2D eigenvalue weighted by atomic mass is 10.1. The largest absolute Gasteiger partial charge is 0.480 e. The first-order chi connectivity index (χ1) is 5.22. The van der Waals surface area contributed by atoms with Crippen molar-refractivity contribution in [1.29, 1.82) is 0 Å². The van der Waals surface area contributed by atoms with Gasteiger partial charge in [0.1, 0.15) is 6.04 Å². The van der Waals surface area contributed by atoms with Crippen molar-refractivity contribution in [2.45, 2.75) is 25.3 Å². The van der Waals surface area contributed by atoms with Gasteiger partial charge in [0.2, 0.25) is 0 Å². The summed E-state index contributed by atoms with van der Waals surface area (Å²) in [6.07, 6.45) is 2.32. The van der Waals surface area contributed by atoms with Gasteiger partial charge in [-0.3, -0.25) is 4.79 Å². The van der Waals surface area contributed by atoms with Gasteiger partial charge in [-0.1, -0.05) is 6.42 Å². The van der Waals surface area contributed by atoms with E-state index in [1.807, 2.05) is 0 Å². The van der Waals surface area contributed by atoms with Gasteiger partial charge in [0.15, 0.2) is 0 Å². The van der Waals surface area contributed by atoms with Gasteiger partial charge in [0.05, 0.1) is 0 Å². The van der Waals surface area contributed by atoms with Gasteiger partial charge in [0.25, 0.3) is 0 Å². The number of carboxylic acid groups (broad SMARTS) is 1. The van der Waals surface area contributed by atoms with Crippen molar-refractivity contribution in [3.8, 4) is 0 Å². The molecule has 5 heteroatoms. The Morgan fingerprint density at radius 2 is 2.27 bits per heavy atom. The minimum atomic E-state index is -0.834. The monoisotopic (exact) mass is 224 g/mol. The maximum Gasteiger partial charge on any atom is 0.321 e. The first-order valence-electron chi connectivity index (χ1n) is 3.51. The first kappa shape index (κ1) is 10.9. The second-order valence-corrected chi connectivity index (χ2v) is 2.74. The minimum Gasteiger partial charge on any atom is -0.480 e. The molecule has 0 saturated heterocycles. The van der Waals surface area contributed by atoms with E-state index in [1.165, 1.54) is 0 Å². The van der Waals surface area contributed by atoms with Crippen molar-refractivity contribution < 1.29 is 9.90 Å². The van der Waals surface area contributed by atoms with Crippen molar-refractivity contribution in [3.63, 3.8) is 0 Å². The summed E-state index contributed by atoms with van der Waals surface area (Å²) in [4.78, 5) is 10.4. The van der Waals surface area contributed by atoms with Gasteiger partial charge in [-0.15, -0.1) is 0 Å². The van der Waals surface area contributed by atoms with Crippen LogP contribution in [0.1, 0.15) is 19.3 Å². The fraction of sp³-hybridized carbons (Fsp3) is 0.833. The molecule has 0 bridgehead atoms. The van der Waals surface area contributed by atoms with Crippen LogP contribution < -0.4 is 10.1 Å². The van der Waals surface area contributed by atoms with E-state index in [9.17, 15) is 4.79 Å². The molecule has 0 aromatic carbocycles. The molecule has 0 radical (unpaired) electrons. The summed E-state index contributed by atoms with van der Waals surface area (Å²) < 4.78 is 2.53. The van der Waals surface area contributed by atoms with Crippen LogP contribution in [0, 0.1) is 0 Å². The van der Waals surface area contributed by atoms with E-state index in [-0.39, 0.29) is 0 Å². The van der Waals surface area contributed by atoms with Crippen LogP contribution in [0.3, 0.4) is 0 Å². The molecule has 0 aliphatic carbocycles. The number of aliphatic carboxylic acids is 1. The third-order valence-corrected chi connectivity index (χ3v) is 1.93. The van der Waals surface area contributed by atoms with Gasteiger partial charge >= 0.3 is 5.97 Å². The van der Waals surface area contributed by atoms with Gasteiger partial charge in [0, 0.05) is 16.1 Å². The molecular weight excluding hydrogens is 212 g/mol. The van der Waals surface area contributed by atoms with Crippen molar-refractivity contribution >= 4 is 22.1 Å². The van der Waals surface area contributed by atoms with Crippen LogP contribution in [-0.2, 0) is 4.79 Å². The molecule has 0 rings (SSSR count). The average Bonchev–Trinajstić information content (AvgIpc) is 1.97. The van der Waals surface area contributed by atoms with Crippen LogP contribution in [0.15, 0.2) is 0 Å². The van der Waals surface area contributed by atoms with E-state index >= 15 is 0 Å². The Bertz CT molecular complexity index is 121. The molecule has 0 aromatic rings. The number of nitrogens with two attached hydrogens (primary N) is 1. The summed E-state index contributed by atoms with van der Waals surface area (Å²) in [6, 6.07) is -0.499. The number of unbranched alkanes of at least 4 members (excludes halogenated alkanes) is 1. The number of carbonyl (C=O) groups is 1. The lowest BCUT2D eigenvalue weighted by molar-refractivity contribution is -0.139. The summed E-state index contributed by atoms with van der Waals surface area (Å²) >= 11 is 2.91. The second-order valence-electron chi connectivity index (χ2n) is 2.28. The molecule has 4 N–H and O–H groups in total. The fourth-order valence-corrected chi connectivity index (χ4v) is 1.14. The SMILES string of the molecule is NCCCC[C@H](NBr)C(=O)O. The van der Waals surface area contributed by atoms with E-state index in [2.05, 4.69) is 20.5 Å². The highest BCUT2D eigenvalue weighted by Gasteiger charge is 2.13. The molecule has 66 valence electrons. The van der Waals surface area contributed by atoms with Gasteiger partial charge in [-0.2, -0.15) is 0 Å². The molecule has 0 saturated carbocycles.